The fourth-order valence-corrected chi connectivity index (χ4v) is 1.13. The van der Waals surface area contributed by atoms with Gasteiger partial charge in [-0.25, -0.2) is 8.78 Å². The second-order valence-electron chi connectivity index (χ2n) is 3.00. The maximum absolute atomic E-state index is 12.5. The van der Waals surface area contributed by atoms with E-state index in [-0.39, 0.29) is 0 Å². The molecule has 6 nitrogen and oxygen atoms in total. The van der Waals surface area contributed by atoms with Gasteiger partial charge in [0, 0.05) is 6.07 Å². The maximum Gasteiger partial charge on any atom is 0.573 e. The minimum atomic E-state index is -5.23. The molecule has 0 saturated heterocycles. The zero-order chi connectivity index (χ0) is 14.8. The van der Waals surface area contributed by atoms with E-state index in [1.807, 2.05) is 0 Å². The number of ether oxygens (including phenoxy) is 2. The van der Waals surface area contributed by atoms with E-state index in [0.717, 1.165) is 7.11 Å². The Morgan fingerprint density at radius 1 is 1.37 bits per heavy atom. The van der Waals surface area contributed by atoms with Crippen LogP contribution in [-0.2, 0) is 0 Å². The number of alkyl halides is 5. The third-order valence-electron chi connectivity index (χ3n) is 1.79. The first kappa shape index (κ1) is 14.9. The Hall–Kier alpha value is -2.20. The molecule has 0 radical (unpaired) electrons. The Morgan fingerprint density at radius 3 is 2.32 bits per heavy atom. The summed E-state index contributed by atoms with van der Waals surface area (Å²) in [4.78, 5) is 12.0. The van der Waals surface area contributed by atoms with Crippen LogP contribution in [0.5, 0.6) is 11.5 Å². The van der Waals surface area contributed by atoms with Crippen molar-refractivity contribution in [3.8, 4) is 11.5 Å². The lowest BCUT2D eigenvalue weighted by Gasteiger charge is -2.11. The van der Waals surface area contributed by atoms with Crippen molar-refractivity contribution >= 4 is 5.82 Å². The molecule has 1 rings (SSSR count). The maximum atomic E-state index is 12.5. The summed E-state index contributed by atoms with van der Waals surface area (Å²) < 4.78 is 68.8. The van der Waals surface area contributed by atoms with Gasteiger partial charge < -0.3 is 19.6 Å². The topological polar surface area (TPSA) is 74.5 Å². The summed E-state index contributed by atoms with van der Waals surface area (Å²) in [5.41, 5.74) is -1.15. The number of pyridine rings is 1. The molecule has 0 bridgehead atoms. The molecule has 0 aromatic carbocycles. The molecule has 0 amide bonds. The lowest BCUT2D eigenvalue weighted by molar-refractivity contribution is -0.393. The van der Waals surface area contributed by atoms with Crippen LogP contribution in [0.25, 0.3) is 0 Å². The Labute approximate surface area is 101 Å². The van der Waals surface area contributed by atoms with Crippen molar-refractivity contribution in [3.63, 3.8) is 0 Å². The molecule has 1 aromatic heterocycles. The summed E-state index contributed by atoms with van der Waals surface area (Å²) in [6.45, 7) is 0. The molecule has 106 valence electrons. The first-order valence-corrected chi connectivity index (χ1v) is 4.43. The average molecular weight is 288 g/mol. The largest absolute Gasteiger partial charge is 0.573 e. The van der Waals surface area contributed by atoms with E-state index in [1.165, 1.54) is 0 Å². The van der Waals surface area contributed by atoms with Gasteiger partial charge in [-0.1, -0.05) is 0 Å². The van der Waals surface area contributed by atoms with E-state index < -0.39 is 40.7 Å². The third kappa shape index (κ3) is 3.63. The Bertz CT molecular complexity index is 491. The molecule has 19 heavy (non-hydrogen) atoms. The van der Waals surface area contributed by atoms with Gasteiger partial charge in [-0.15, -0.1) is 13.2 Å². The molecule has 0 N–H and O–H groups in total. The normalized spacial score (nSPS) is 11.5. The molecule has 0 fully saturated rings. The van der Waals surface area contributed by atoms with Gasteiger partial charge in [-0.05, 0) is 9.91 Å². The van der Waals surface area contributed by atoms with Crippen LogP contribution in [0.15, 0.2) is 6.07 Å². The molecule has 0 atom stereocenters. The van der Waals surface area contributed by atoms with Gasteiger partial charge in [0.1, 0.15) is 0 Å². The highest BCUT2D eigenvalue weighted by atomic mass is 19.4. The van der Waals surface area contributed by atoms with Crippen LogP contribution in [-0.4, -0.2) is 23.4 Å². The summed E-state index contributed by atoms with van der Waals surface area (Å²) in [6, 6.07) is 0.333. The summed E-state index contributed by atoms with van der Waals surface area (Å²) >= 11 is 0. The number of nitro groups is 1. The summed E-state index contributed by atoms with van der Waals surface area (Å²) in [6.07, 6.45) is -8.49. The quantitative estimate of drug-likeness (QED) is 0.484. The van der Waals surface area contributed by atoms with Crippen molar-refractivity contribution < 1.29 is 36.3 Å². The van der Waals surface area contributed by atoms with E-state index in [4.69, 9.17) is 0 Å². The van der Waals surface area contributed by atoms with Gasteiger partial charge in [-0.2, -0.15) is 0 Å². The molecule has 0 unspecified atom stereocenters. The van der Waals surface area contributed by atoms with E-state index in [1.54, 1.807) is 0 Å². The number of rotatable bonds is 4. The molecule has 11 heteroatoms. The number of aromatic nitrogens is 1. The van der Waals surface area contributed by atoms with Gasteiger partial charge in [0.2, 0.25) is 5.75 Å². The second-order valence-corrected chi connectivity index (χ2v) is 3.00. The van der Waals surface area contributed by atoms with E-state index in [0.29, 0.717) is 6.07 Å². The fourth-order valence-electron chi connectivity index (χ4n) is 1.13. The Kier molecular flexibility index (Phi) is 4.07. The second kappa shape index (κ2) is 5.20. The van der Waals surface area contributed by atoms with Crippen molar-refractivity contribution in [2.75, 3.05) is 7.11 Å². The van der Waals surface area contributed by atoms with Crippen LogP contribution in [0.1, 0.15) is 12.1 Å². The van der Waals surface area contributed by atoms with Crippen LogP contribution in [0, 0.1) is 10.1 Å². The van der Waals surface area contributed by atoms with Gasteiger partial charge >= 0.3 is 18.6 Å². The number of methoxy groups -OCH3 is 1. The highest BCUT2D eigenvalue weighted by Crippen LogP contribution is 2.38. The van der Waals surface area contributed by atoms with Crippen LogP contribution in [0.4, 0.5) is 27.8 Å². The molecular formula is C8H5F5N2O4. The van der Waals surface area contributed by atoms with E-state index in [9.17, 15) is 32.1 Å². The minimum absolute atomic E-state index is 0.333. The molecule has 1 heterocycles. The number of hydrogen-bond donors (Lipinski definition) is 0. The van der Waals surface area contributed by atoms with Gasteiger partial charge in [0.05, 0.1) is 7.11 Å². The number of nitrogens with zero attached hydrogens (tertiary/aromatic N) is 2. The van der Waals surface area contributed by atoms with Gasteiger partial charge in [0.15, 0.2) is 5.75 Å². The van der Waals surface area contributed by atoms with Crippen LogP contribution < -0.4 is 9.47 Å². The Balaban J connectivity index is 3.40. The Morgan fingerprint density at radius 2 is 1.95 bits per heavy atom. The smallest absolute Gasteiger partial charge is 0.492 e. The third-order valence-corrected chi connectivity index (χ3v) is 1.79. The molecule has 0 aliphatic rings. The van der Waals surface area contributed by atoms with Crippen LogP contribution in [0.3, 0.4) is 0 Å². The summed E-state index contributed by atoms with van der Waals surface area (Å²) in [5, 5.41) is 10.5. The van der Waals surface area contributed by atoms with Crippen LogP contribution in [0.2, 0.25) is 0 Å². The highest BCUT2D eigenvalue weighted by molar-refractivity contribution is 5.48. The first-order valence-electron chi connectivity index (χ1n) is 4.43. The summed E-state index contributed by atoms with van der Waals surface area (Å²) in [7, 11) is 0.895. The number of hydrogen-bond acceptors (Lipinski definition) is 5. The first-order chi connectivity index (χ1) is 8.65. The lowest BCUT2D eigenvalue weighted by atomic mass is 10.3. The number of halogens is 5. The zero-order valence-corrected chi connectivity index (χ0v) is 9.07. The van der Waals surface area contributed by atoms with Crippen molar-refractivity contribution in [3.05, 3.63) is 21.9 Å². The van der Waals surface area contributed by atoms with E-state index in [2.05, 4.69) is 14.5 Å². The molecule has 0 saturated carbocycles. The highest BCUT2D eigenvalue weighted by Gasteiger charge is 2.37. The van der Waals surface area contributed by atoms with Crippen molar-refractivity contribution in [1.82, 2.24) is 4.98 Å². The monoisotopic (exact) mass is 288 g/mol. The zero-order valence-electron chi connectivity index (χ0n) is 9.07. The predicted molar refractivity (Wildman–Crippen MR) is 49.1 cm³/mol. The molecule has 0 aliphatic heterocycles. The SMILES string of the molecule is COc1cc(OC(F)(F)F)c([N+](=O)[O-])nc1C(F)F. The lowest BCUT2D eigenvalue weighted by Crippen LogP contribution is -2.18. The molecule has 0 spiro atoms. The van der Waals surface area contributed by atoms with Gasteiger partial charge in [-0.3, -0.25) is 0 Å². The fraction of sp³-hybridized carbons (Fsp3) is 0.375. The summed E-state index contributed by atoms with van der Waals surface area (Å²) in [5.74, 6) is -3.56. The predicted octanol–water partition coefficient (Wildman–Crippen LogP) is 2.83. The van der Waals surface area contributed by atoms with Gasteiger partial charge in [0.25, 0.3) is 5.69 Å². The molecule has 0 aliphatic carbocycles. The molecular weight excluding hydrogens is 283 g/mol. The van der Waals surface area contributed by atoms with Crippen molar-refractivity contribution in [1.29, 1.82) is 0 Å². The van der Waals surface area contributed by atoms with Crippen LogP contribution >= 0.6 is 0 Å². The average Bonchev–Trinajstić information content (AvgIpc) is 2.25. The van der Waals surface area contributed by atoms with Crippen molar-refractivity contribution in [2.24, 2.45) is 0 Å². The standard InChI is InChI=1S/C8H5F5N2O4/c1-18-3-2-4(19-8(11,12)13)7(15(16)17)14-5(3)6(9)10/h2,6H,1H3. The molecule has 1 aromatic rings. The van der Waals surface area contributed by atoms with E-state index >= 15 is 0 Å². The van der Waals surface area contributed by atoms with Crippen molar-refractivity contribution in [2.45, 2.75) is 12.8 Å². The minimum Gasteiger partial charge on any atom is -0.492 e.